The van der Waals surface area contributed by atoms with E-state index in [4.69, 9.17) is 0 Å². The van der Waals surface area contributed by atoms with Gasteiger partial charge in [0.2, 0.25) is 5.91 Å². The number of quaternary nitrogens is 1. The van der Waals surface area contributed by atoms with E-state index in [-0.39, 0.29) is 30.7 Å². The largest absolute Gasteiger partial charge is 0.352 e. The van der Waals surface area contributed by atoms with Crippen LogP contribution in [-0.2, 0) is 17.9 Å². The Labute approximate surface area is 176 Å². The van der Waals surface area contributed by atoms with Gasteiger partial charge in [-0.1, -0.05) is 36.4 Å². The molecule has 3 amide bonds. The van der Waals surface area contributed by atoms with Gasteiger partial charge < -0.3 is 10.2 Å². The number of carbonyl (C=O) groups excluding carboxylic acids is 3. The molecule has 0 unspecified atom stereocenters. The van der Waals surface area contributed by atoms with Gasteiger partial charge in [0.25, 0.3) is 11.8 Å². The minimum absolute atomic E-state index is 0.0602. The molecular weight excluding hydrogens is 378 g/mol. The highest BCUT2D eigenvalue weighted by Gasteiger charge is 2.34. The zero-order chi connectivity index (χ0) is 20.9. The van der Waals surface area contributed by atoms with E-state index in [2.05, 4.69) is 23.5 Å². The molecule has 0 spiro atoms. The summed E-state index contributed by atoms with van der Waals surface area (Å²) >= 11 is 0. The maximum absolute atomic E-state index is 12.4. The van der Waals surface area contributed by atoms with Gasteiger partial charge in [-0.3, -0.25) is 19.3 Å². The van der Waals surface area contributed by atoms with E-state index in [1.807, 2.05) is 6.07 Å². The first-order valence-electron chi connectivity index (χ1n) is 10.8. The molecule has 1 fully saturated rings. The lowest BCUT2D eigenvalue weighted by Gasteiger charge is -2.16. The van der Waals surface area contributed by atoms with Gasteiger partial charge in [-0.15, -0.1) is 0 Å². The smallest absolute Gasteiger partial charge is 0.261 e. The summed E-state index contributed by atoms with van der Waals surface area (Å²) in [6.07, 6.45) is 3.33. The standard InChI is InChI=1S/C24H27N3O3/c28-22(12-7-15-27-23(29)20-10-3-4-11-21(20)24(27)30)25-16-18-8-1-2-9-19(18)17-26-13-5-6-14-26/h1-4,8-11H,5-7,12-17H2,(H,25,28)/p+1. The molecule has 0 radical (unpaired) electrons. The number of nitrogens with one attached hydrogen (secondary N) is 2. The molecular formula is C24H28N3O3+. The van der Waals surface area contributed by atoms with E-state index in [0.717, 1.165) is 12.1 Å². The zero-order valence-corrected chi connectivity index (χ0v) is 17.2. The zero-order valence-electron chi connectivity index (χ0n) is 17.2. The molecule has 2 heterocycles. The van der Waals surface area contributed by atoms with Crippen molar-refractivity contribution in [2.24, 2.45) is 0 Å². The van der Waals surface area contributed by atoms with Crippen molar-refractivity contribution >= 4 is 17.7 Å². The van der Waals surface area contributed by atoms with E-state index in [0.29, 0.717) is 24.1 Å². The van der Waals surface area contributed by atoms with Crippen LogP contribution in [0.5, 0.6) is 0 Å². The molecule has 0 aromatic heterocycles. The molecule has 0 aliphatic carbocycles. The van der Waals surface area contributed by atoms with Crippen molar-refractivity contribution in [2.75, 3.05) is 19.6 Å². The van der Waals surface area contributed by atoms with Crippen LogP contribution >= 0.6 is 0 Å². The summed E-state index contributed by atoms with van der Waals surface area (Å²) in [6, 6.07) is 15.1. The molecule has 156 valence electrons. The summed E-state index contributed by atoms with van der Waals surface area (Å²) in [6.45, 7) is 4.22. The van der Waals surface area contributed by atoms with Crippen LogP contribution in [0.4, 0.5) is 0 Å². The van der Waals surface area contributed by atoms with E-state index < -0.39 is 0 Å². The molecule has 4 rings (SSSR count). The van der Waals surface area contributed by atoms with Crippen molar-refractivity contribution in [1.82, 2.24) is 10.2 Å². The van der Waals surface area contributed by atoms with Crippen LogP contribution in [0.25, 0.3) is 0 Å². The number of benzene rings is 2. The molecule has 2 N–H and O–H groups in total. The number of rotatable bonds is 8. The highest BCUT2D eigenvalue weighted by molar-refractivity contribution is 6.21. The van der Waals surface area contributed by atoms with Crippen LogP contribution in [0, 0.1) is 0 Å². The van der Waals surface area contributed by atoms with Crippen molar-refractivity contribution in [1.29, 1.82) is 0 Å². The van der Waals surface area contributed by atoms with Crippen LogP contribution in [-0.4, -0.2) is 42.3 Å². The molecule has 2 aromatic carbocycles. The summed E-state index contributed by atoms with van der Waals surface area (Å²) in [5.74, 6) is -0.598. The quantitative estimate of drug-likeness (QED) is 0.654. The highest BCUT2D eigenvalue weighted by atomic mass is 16.2. The van der Waals surface area contributed by atoms with Gasteiger partial charge in [0, 0.05) is 37.9 Å². The lowest BCUT2D eigenvalue weighted by atomic mass is 10.1. The lowest BCUT2D eigenvalue weighted by Crippen LogP contribution is -3.08. The first kappa shape index (κ1) is 20.3. The Morgan fingerprint density at radius 3 is 2.17 bits per heavy atom. The molecule has 2 aromatic rings. The summed E-state index contributed by atoms with van der Waals surface area (Å²) in [5.41, 5.74) is 3.35. The number of imide groups is 1. The van der Waals surface area contributed by atoms with Crippen molar-refractivity contribution < 1.29 is 19.3 Å². The fourth-order valence-electron chi connectivity index (χ4n) is 4.35. The van der Waals surface area contributed by atoms with Crippen LogP contribution in [0.2, 0.25) is 0 Å². The second kappa shape index (κ2) is 9.22. The Balaban J connectivity index is 1.24. The van der Waals surface area contributed by atoms with Crippen molar-refractivity contribution in [3.05, 3.63) is 70.8 Å². The lowest BCUT2D eigenvalue weighted by molar-refractivity contribution is -0.901. The maximum Gasteiger partial charge on any atom is 0.261 e. The molecule has 0 bridgehead atoms. The van der Waals surface area contributed by atoms with Crippen LogP contribution in [0.15, 0.2) is 48.5 Å². The van der Waals surface area contributed by atoms with Crippen LogP contribution in [0.3, 0.4) is 0 Å². The number of carbonyl (C=O) groups is 3. The predicted molar refractivity (Wildman–Crippen MR) is 113 cm³/mol. The second-order valence-corrected chi connectivity index (χ2v) is 8.09. The van der Waals surface area contributed by atoms with Crippen LogP contribution in [0.1, 0.15) is 57.5 Å². The molecule has 6 nitrogen and oxygen atoms in total. The van der Waals surface area contributed by atoms with Gasteiger partial charge in [0.05, 0.1) is 24.2 Å². The average molecular weight is 407 g/mol. The van der Waals surface area contributed by atoms with Gasteiger partial charge in [-0.25, -0.2) is 0 Å². The van der Waals surface area contributed by atoms with E-state index in [9.17, 15) is 14.4 Å². The summed E-state index contributed by atoms with van der Waals surface area (Å²) in [4.78, 5) is 39.9. The molecule has 2 aliphatic heterocycles. The van der Waals surface area contributed by atoms with Gasteiger partial charge in [-0.05, 0) is 24.1 Å². The fraction of sp³-hybridized carbons (Fsp3) is 0.375. The minimum atomic E-state index is -0.269. The monoisotopic (exact) mass is 406 g/mol. The summed E-state index contributed by atoms with van der Waals surface area (Å²) < 4.78 is 0. The molecule has 1 saturated heterocycles. The van der Waals surface area contributed by atoms with Gasteiger partial charge in [0.1, 0.15) is 6.54 Å². The van der Waals surface area contributed by atoms with Crippen molar-refractivity contribution in [3.8, 4) is 0 Å². The highest BCUT2D eigenvalue weighted by Crippen LogP contribution is 2.22. The molecule has 30 heavy (non-hydrogen) atoms. The Bertz CT molecular complexity index is 915. The molecule has 6 heteroatoms. The van der Waals surface area contributed by atoms with Crippen LogP contribution < -0.4 is 10.2 Å². The molecule has 2 aliphatic rings. The summed E-state index contributed by atoms with van der Waals surface area (Å²) in [7, 11) is 0. The number of amides is 3. The normalized spacial score (nSPS) is 16.2. The number of hydrogen-bond acceptors (Lipinski definition) is 3. The van der Waals surface area contributed by atoms with Gasteiger partial charge in [-0.2, -0.15) is 0 Å². The van der Waals surface area contributed by atoms with Gasteiger partial charge >= 0.3 is 0 Å². The third kappa shape index (κ3) is 4.44. The molecule has 0 saturated carbocycles. The predicted octanol–water partition coefficient (Wildman–Crippen LogP) is 1.56. The minimum Gasteiger partial charge on any atom is -0.352 e. The average Bonchev–Trinajstić information content (AvgIpc) is 3.36. The topological polar surface area (TPSA) is 70.9 Å². The summed E-state index contributed by atoms with van der Waals surface area (Å²) in [5, 5.41) is 2.99. The number of fused-ring (bicyclic) bond motifs is 1. The Hall–Kier alpha value is -2.99. The maximum atomic E-state index is 12.4. The van der Waals surface area contributed by atoms with E-state index in [1.54, 1.807) is 29.2 Å². The number of nitrogens with zero attached hydrogens (tertiary/aromatic N) is 1. The number of hydrogen-bond donors (Lipinski definition) is 2. The van der Waals surface area contributed by atoms with E-state index >= 15 is 0 Å². The molecule has 0 atom stereocenters. The first-order valence-corrected chi connectivity index (χ1v) is 10.8. The second-order valence-electron chi connectivity index (χ2n) is 8.09. The third-order valence-electron chi connectivity index (χ3n) is 6.01. The van der Waals surface area contributed by atoms with Crippen molar-refractivity contribution in [3.63, 3.8) is 0 Å². The Morgan fingerprint density at radius 2 is 1.50 bits per heavy atom. The van der Waals surface area contributed by atoms with E-state index in [1.165, 1.54) is 36.4 Å². The fourth-order valence-corrected chi connectivity index (χ4v) is 4.35. The Kier molecular flexibility index (Phi) is 6.23. The third-order valence-corrected chi connectivity index (χ3v) is 6.01. The number of likely N-dealkylation sites (tertiary alicyclic amines) is 1. The Morgan fingerprint density at radius 1 is 0.900 bits per heavy atom. The SMILES string of the molecule is O=C(CCCN1C(=O)c2ccccc2C1=O)NCc1ccccc1C[NH+]1CCCC1. The van der Waals surface area contributed by atoms with Crippen molar-refractivity contribution in [2.45, 2.75) is 38.8 Å². The van der Waals surface area contributed by atoms with Gasteiger partial charge in [0.15, 0.2) is 0 Å². The first-order chi connectivity index (χ1) is 14.6.